The molecule has 2 unspecified atom stereocenters. The number of benzene rings is 2. The maximum absolute atomic E-state index is 4.93. The van der Waals surface area contributed by atoms with E-state index < -0.39 is 0 Å². The maximum atomic E-state index is 4.93. The molecule has 4 aromatic rings. The third-order valence-electron chi connectivity index (χ3n) is 7.26. The van der Waals surface area contributed by atoms with Crippen molar-refractivity contribution in [2.75, 3.05) is 13.1 Å². The lowest BCUT2D eigenvalue weighted by Crippen LogP contribution is -2.16. The zero-order valence-electron chi connectivity index (χ0n) is 20.0. The fourth-order valence-corrected chi connectivity index (χ4v) is 5.36. The van der Waals surface area contributed by atoms with Gasteiger partial charge in [-0.15, -0.1) is 0 Å². The molecule has 2 aliphatic heterocycles. The predicted octanol–water partition coefficient (Wildman–Crippen LogP) is 5.00. The number of hydrogen-bond acceptors (Lipinski definition) is 4. The van der Waals surface area contributed by atoms with Crippen molar-refractivity contribution in [1.29, 1.82) is 0 Å². The van der Waals surface area contributed by atoms with E-state index in [0.29, 0.717) is 12.1 Å². The van der Waals surface area contributed by atoms with E-state index in [-0.39, 0.29) is 0 Å². The minimum atomic E-state index is 0.376. The topological polar surface area (TPSA) is 59.7 Å². The molecule has 2 aliphatic rings. The fraction of sp³-hybridized carbons (Fsp3) is 0.357. The average Bonchev–Trinajstić information content (AvgIpc) is 3.66. The summed E-state index contributed by atoms with van der Waals surface area (Å²) in [5, 5.41) is 7.10. The van der Waals surface area contributed by atoms with Gasteiger partial charge in [0, 0.05) is 37.6 Å². The van der Waals surface area contributed by atoms with Crippen LogP contribution in [0, 0.1) is 0 Å². The van der Waals surface area contributed by atoms with Crippen molar-refractivity contribution >= 4 is 0 Å². The van der Waals surface area contributed by atoms with Gasteiger partial charge in [-0.25, -0.2) is 9.97 Å². The number of nitrogens with zero attached hydrogens (tertiary/aromatic N) is 4. The molecule has 2 aromatic carbocycles. The molecule has 4 heterocycles. The van der Waals surface area contributed by atoms with Crippen LogP contribution in [0.4, 0.5) is 0 Å². The van der Waals surface area contributed by atoms with Gasteiger partial charge in [0.05, 0.1) is 23.5 Å². The van der Waals surface area contributed by atoms with E-state index in [0.717, 1.165) is 60.1 Å². The quantitative estimate of drug-likeness (QED) is 0.447. The molecule has 2 N–H and O–H groups in total. The van der Waals surface area contributed by atoms with E-state index in [4.69, 9.17) is 9.97 Å². The van der Waals surface area contributed by atoms with Gasteiger partial charge in [0.25, 0.3) is 0 Å². The second kappa shape index (κ2) is 8.85. The highest BCUT2D eigenvalue weighted by molar-refractivity contribution is 5.71. The molecule has 34 heavy (non-hydrogen) atoms. The van der Waals surface area contributed by atoms with Crippen molar-refractivity contribution in [1.82, 2.24) is 29.7 Å². The van der Waals surface area contributed by atoms with E-state index in [1.165, 1.54) is 24.0 Å². The molecule has 0 spiro atoms. The number of rotatable bonds is 5. The fourth-order valence-electron chi connectivity index (χ4n) is 5.36. The van der Waals surface area contributed by atoms with Gasteiger partial charge in [-0.05, 0) is 49.9 Å². The Morgan fingerprint density at radius 1 is 0.618 bits per heavy atom. The lowest BCUT2D eigenvalue weighted by molar-refractivity contribution is 0.580. The molecule has 2 saturated heterocycles. The monoisotopic (exact) mass is 452 g/mol. The lowest BCUT2D eigenvalue weighted by atomic mass is 10.0. The first-order valence-electron chi connectivity index (χ1n) is 12.4. The van der Waals surface area contributed by atoms with Crippen LogP contribution in [0.3, 0.4) is 0 Å². The molecule has 2 atom stereocenters. The van der Waals surface area contributed by atoms with Crippen LogP contribution in [0.5, 0.6) is 0 Å². The Bertz CT molecular complexity index is 1170. The molecule has 6 rings (SSSR count). The number of nitrogens with one attached hydrogen (secondary N) is 2. The third-order valence-corrected chi connectivity index (χ3v) is 7.26. The van der Waals surface area contributed by atoms with E-state index in [1.54, 1.807) is 0 Å². The molecule has 0 bridgehead atoms. The summed E-state index contributed by atoms with van der Waals surface area (Å²) in [6.45, 7) is 2.17. The SMILES string of the molecule is Cn1cc(-c2ccc(-c3ccc(-c4cn(C)c(C5CCCN5)n4)cc3)cc2)nc1C1CCCN1. The maximum Gasteiger partial charge on any atom is 0.126 e. The first-order chi connectivity index (χ1) is 16.7. The largest absolute Gasteiger partial charge is 0.336 e. The molecule has 0 saturated carbocycles. The molecular weight excluding hydrogens is 420 g/mol. The van der Waals surface area contributed by atoms with Crippen LogP contribution in [0.15, 0.2) is 60.9 Å². The molecule has 0 radical (unpaired) electrons. The second-order valence-electron chi connectivity index (χ2n) is 9.64. The second-order valence-corrected chi connectivity index (χ2v) is 9.64. The summed E-state index contributed by atoms with van der Waals surface area (Å²) in [6, 6.07) is 18.2. The van der Waals surface area contributed by atoms with Crippen LogP contribution in [-0.2, 0) is 14.1 Å². The summed E-state index contributed by atoms with van der Waals surface area (Å²) >= 11 is 0. The van der Waals surface area contributed by atoms with E-state index in [2.05, 4.69) is 94.8 Å². The molecule has 6 heteroatoms. The van der Waals surface area contributed by atoms with E-state index in [9.17, 15) is 0 Å². The van der Waals surface area contributed by atoms with Crippen molar-refractivity contribution < 1.29 is 0 Å². The summed E-state index contributed by atoms with van der Waals surface area (Å²) in [7, 11) is 4.19. The third kappa shape index (κ3) is 3.97. The van der Waals surface area contributed by atoms with Crippen LogP contribution >= 0.6 is 0 Å². The van der Waals surface area contributed by atoms with Gasteiger partial charge in [0.1, 0.15) is 11.6 Å². The van der Waals surface area contributed by atoms with Gasteiger partial charge in [0.2, 0.25) is 0 Å². The Balaban J connectivity index is 1.20. The van der Waals surface area contributed by atoms with E-state index >= 15 is 0 Å². The van der Waals surface area contributed by atoms with Gasteiger partial charge < -0.3 is 19.8 Å². The Hall–Kier alpha value is -3.22. The smallest absolute Gasteiger partial charge is 0.126 e. The molecule has 0 amide bonds. The van der Waals surface area contributed by atoms with Gasteiger partial charge in [-0.2, -0.15) is 0 Å². The number of aryl methyl sites for hydroxylation is 2. The van der Waals surface area contributed by atoms with Crippen molar-refractivity contribution in [2.45, 2.75) is 37.8 Å². The standard InChI is InChI=1S/C28H32N6/c1-33-17-25(31-27(33)23-5-3-15-29-23)21-11-7-19(8-12-21)20-9-13-22(14-10-20)26-18-34(2)28(32-26)24-6-4-16-30-24/h7-14,17-18,23-24,29-30H,3-6,15-16H2,1-2H3. The van der Waals surface area contributed by atoms with Crippen molar-refractivity contribution in [3.8, 4) is 33.6 Å². The zero-order valence-corrected chi connectivity index (χ0v) is 20.0. The zero-order chi connectivity index (χ0) is 23.1. The highest BCUT2D eigenvalue weighted by Gasteiger charge is 2.22. The molecule has 2 aromatic heterocycles. The molecular formula is C28H32N6. The number of hydrogen-bond donors (Lipinski definition) is 2. The van der Waals surface area contributed by atoms with Crippen LogP contribution < -0.4 is 10.6 Å². The lowest BCUT2D eigenvalue weighted by Gasteiger charge is -2.09. The van der Waals surface area contributed by atoms with Crippen molar-refractivity contribution in [3.63, 3.8) is 0 Å². The van der Waals surface area contributed by atoms with Crippen molar-refractivity contribution in [3.05, 3.63) is 72.6 Å². The summed E-state index contributed by atoms with van der Waals surface area (Å²) in [4.78, 5) is 9.87. The highest BCUT2D eigenvalue weighted by atomic mass is 15.1. The minimum absolute atomic E-state index is 0.376. The van der Waals surface area contributed by atoms with Gasteiger partial charge >= 0.3 is 0 Å². The first-order valence-corrected chi connectivity index (χ1v) is 12.4. The summed E-state index contributed by atoms with van der Waals surface area (Å²) < 4.78 is 4.33. The summed E-state index contributed by atoms with van der Waals surface area (Å²) in [6.07, 6.45) is 9.05. The normalized spacial score (nSPS) is 20.3. The highest BCUT2D eigenvalue weighted by Crippen LogP contribution is 2.30. The summed E-state index contributed by atoms with van der Waals surface area (Å²) in [5.74, 6) is 2.27. The van der Waals surface area contributed by atoms with Gasteiger partial charge in [-0.3, -0.25) is 0 Å². The molecule has 2 fully saturated rings. The average molecular weight is 453 g/mol. The molecule has 6 nitrogen and oxygen atoms in total. The predicted molar refractivity (Wildman–Crippen MR) is 136 cm³/mol. The molecule has 174 valence electrons. The summed E-state index contributed by atoms with van der Waals surface area (Å²) in [5.41, 5.74) is 6.80. The van der Waals surface area contributed by atoms with Crippen molar-refractivity contribution in [2.24, 2.45) is 14.1 Å². The first kappa shape index (κ1) is 21.3. The minimum Gasteiger partial charge on any atom is -0.336 e. The Kier molecular flexibility index (Phi) is 5.55. The van der Waals surface area contributed by atoms with Crippen LogP contribution in [0.25, 0.3) is 33.6 Å². The van der Waals surface area contributed by atoms with E-state index in [1.807, 2.05) is 0 Å². The number of imidazole rings is 2. The van der Waals surface area contributed by atoms with Crippen LogP contribution in [-0.4, -0.2) is 32.2 Å². The Morgan fingerprint density at radius 2 is 1.00 bits per heavy atom. The number of aromatic nitrogens is 4. The van der Waals surface area contributed by atoms with Crippen LogP contribution in [0.2, 0.25) is 0 Å². The van der Waals surface area contributed by atoms with Gasteiger partial charge in [0.15, 0.2) is 0 Å². The Labute approximate surface area is 201 Å². The molecule has 0 aliphatic carbocycles. The Morgan fingerprint density at radius 3 is 1.35 bits per heavy atom. The van der Waals surface area contributed by atoms with Gasteiger partial charge in [-0.1, -0.05) is 48.5 Å². The van der Waals surface area contributed by atoms with Crippen LogP contribution in [0.1, 0.15) is 49.4 Å².